The molecule has 9 heteroatoms. The van der Waals surface area contributed by atoms with E-state index >= 15 is 0 Å². The van der Waals surface area contributed by atoms with Crippen LogP contribution in [0.3, 0.4) is 0 Å². The van der Waals surface area contributed by atoms with Gasteiger partial charge in [0.05, 0.1) is 12.9 Å². The van der Waals surface area contributed by atoms with Crippen molar-refractivity contribution in [3.05, 3.63) is 0 Å². The standard InChI is InChI=1S/C12H26N4O3S.HI/c1-4-13-12(14-6-8-19-2)15-9-11-5-7-16(10-11)20(3,17)18;/h11H,4-10H2,1-3H3,(H2,13,14,15);1H. The zero-order chi connectivity index (χ0) is 15.0. The van der Waals surface area contributed by atoms with Crippen LogP contribution in [-0.4, -0.2) is 71.4 Å². The molecular weight excluding hydrogens is 407 g/mol. The van der Waals surface area contributed by atoms with Crippen molar-refractivity contribution in [1.82, 2.24) is 14.9 Å². The number of hydrogen-bond donors (Lipinski definition) is 2. The minimum atomic E-state index is -3.06. The van der Waals surface area contributed by atoms with E-state index in [4.69, 9.17) is 4.74 Å². The summed E-state index contributed by atoms with van der Waals surface area (Å²) in [6, 6.07) is 0. The first-order valence-corrected chi connectivity index (χ1v) is 8.78. The molecule has 1 atom stereocenters. The number of sulfonamides is 1. The van der Waals surface area contributed by atoms with Crippen LogP contribution >= 0.6 is 24.0 Å². The SMILES string of the molecule is CCNC(=NCC1CCN(S(C)(=O)=O)C1)NCCOC.I. The maximum atomic E-state index is 11.4. The van der Waals surface area contributed by atoms with E-state index in [1.165, 1.54) is 10.6 Å². The van der Waals surface area contributed by atoms with Gasteiger partial charge in [-0.1, -0.05) is 0 Å². The molecule has 1 aliphatic rings. The van der Waals surface area contributed by atoms with Crippen molar-refractivity contribution in [3.63, 3.8) is 0 Å². The summed E-state index contributed by atoms with van der Waals surface area (Å²) in [6.07, 6.45) is 2.13. The van der Waals surface area contributed by atoms with E-state index in [0.717, 1.165) is 18.9 Å². The minimum Gasteiger partial charge on any atom is -0.383 e. The van der Waals surface area contributed by atoms with Crippen LogP contribution in [-0.2, 0) is 14.8 Å². The summed E-state index contributed by atoms with van der Waals surface area (Å²) < 4.78 is 29.4. The Hall–Kier alpha value is -0.130. The highest BCUT2D eigenvalue weighted by Crippen LogP contribution is 2.18. The third-order valence-corrected chi connectivity index (χ3v) is 4.44. The number of halogens is 1. The number of aliphatic imine (C=N–C) groups is 1. The molecule has 0 aromatic rings. The average Bonchev–Trinajstić information content (AvgIpc) is 2.85. The summed E-state index contributed by atoms with van der Waals surface area (Å²) in [5.41, 5.74) is 0. The maximum Gasteiger partial charge on any atom is 0.211 e. The maximum absolute atomic E-state index is 11.4. The van der Waals surface area contributed by atoms with Crippen molar-refractivity contribution in [3.8, 4) is 0 Å². The van der Waals surface area contributed by atoms with E-state index in [1.807, 2.05) is 6.92 Å². The fraction of sp³-hybridized carbons (Fsp3) is 0.917. The molecule has 2 N–H and O–H groups in total. The Kier molecular flexibility index (Phi) is 10.5. The van der Waals surface area contributed by atoms with Crippen molar-refractivity contribution in [2.45, 2.75) is 13.3 Å². The Bertz CT molecular complexity index is 417. The Labute approximate surface area is 145 Å². The second-order valence-corrected chi connectivity index (χ2v) is 6.90. The lowest BCUT2D eigenvalue weighted by Gasteiger charge is -2.14. The van der Waals surface area contributed by atoms with E-state index in [1.54, 1.807) is 7.11 Å². The molecule has 0 aromatic heterocycles. The highest BCUT2D eigenvalue weighted by atomic mass is 127. The van der Waals surface area contributed by atoms with Gasteiger partial charge in [-0.3, -0.25) is 4.99 Å². The third-order valence-electron chi connectivity index (χ3n) is 3.17. The number of nitrogens with one attached hydrogen (secondary N) is 2. The van der Waals surface area contributed by atoms with Crippen LogP contribution in [0.5, 0.6) is 0 Å². The van der Waals surface area contributed by atoms with E-state index in [2.05, 4.69) is 15.6 Å². The first kappa shape index (κ1) is 20.9. The molecule has 1 saturated heterocycles. The molecule has 0 spiro atoms. The van der Waals surface area contributed by atoms with Crippen LogP contribution in [0.4, 0.5) is 0 Å². The highest BCUT2D eigenvalue weighted by molar-refractivity contribution is 14.0. The second kappa shape index (κ2) is 10.6. The first-order chi connectivity index (χ1) is 9.47. The van der Waals surface area contributed by atoms with Gasteiger partial charge in [-0.25, -0.2) is 12.7 Å². The zero-order valence-electron chi connectivity index (χ0n) is 13.0. The van der Waals surface area contributed by atoms with Gasteiger partial charge >= 0.3 is 0 Å². The van der Waals surface area contributed by atoms with Crippen LogP contribution in [0.15, 0.2) is 4.99 Å². The van der Waals surface area contributed by atoms with Crippen molar-refractivity contribution in [2.75, 3.05) is 52.7 Å². The molecule has 0 aromatic carbocycles. The molecule has 0 amide bonds. The summed E-state index contributed by atoms with van der Waals surface area (Å²) in [4.78, 5) is 4.50. The van der Waals surface area contributed by atoms with E-state index in [9.17, 15) is 8.42 Å². The van der Waals surface area contributed by atoms with Gasteiger partial charge in [0.25, 0.3) is 0 Å². The van der Waals surface area contributed by atoms with Crippen LogP contribution in [0, 0.1) is 5.92 Å². The second-order valence-electron chi connectivity index (χ2n) is 4.91. The van der Waals surface area contributed by atoms with E-state index in [0.29, 0.717) is 38.7 Å². The largest absolute Gasteiger partial charge is 0.383 e. The number of guanidine groups is 1. The van der Waals surface area contributed by atoms with Crippen LogP contribution < -0.4 is 10.6 Å². The Morgan fingerprint density at radius 3 is 2.67 bits per heavy atom. The molecule has 7 nitrogen and oxygen atoms in total. The lowest BCUT2D eigenvalue weighted by atomic mass is 10.1. The van der Waals surface area contributed by atoms with Gasteiger partial charge in [-0.2, -0.15) is 0 Å². The fourth-order valence-corrected chi connectivity index (χ4v) is 3.00. The Balaban J connectivity index is 0.00000400. The number of rotatable bonds is 7. The van der Waals surface area contributed by atoms with Crippen molar-refractivity contribution < 1.29 is 13.2 Å². The number of nitrogens with zero attached hydrogens (tertiary/aromatic N) is 2. The third kappa shape index (κ3) is 8.17. The van der Waals surface area contributed by atoms with Gasteiger partial charge in [-0.15, -0.1) is 24.0 Å². The fourth-order valence-electron chi connectivity index (χ4n) is 2.08. The van der Waals surface area contributed by atoms with Gasteiger partial charge in [0.1, 0.15) is 0 Å². The van der Waals surface area contributed by atoms with E-state index in [-0.39, 0.29) is 24.0 Å². The molecule has 126 valence electrons. The molecule has 1 aliphatic heterocycles. The predicted molar refractivity (Wildman–Crippen MR) is 95.8 cm³/mol. The smallest absolute Gasteiger partial charge is 0.211 e. The molecule has 21 heavy (non-hydrogen) atoms. The van der Waals surface area contributed by atoms with Gasteiger partial charge in [0.15, 0.2) is 5.96 Å². The quantitative estimate of drug-likeness (QED) is 0.257. The minimum absolute atomic E-state index is 0. The zero-order valence-corrected chi connectivity index (χ0v) is 16.1. The Morgan fingerprint density at radius 1 is 1.43 bits per heavy atom. The van der Waals surface area contributed by atoms with Crippen molar-refractivity contribution in [2.24, 2.45) is 10.9 Å². The monoisotopic (exact) mass is 434 g/mol. The van der Waals surface area contributed by atoms with Gasteiger partial charge in [0, 0.05) is 39.8 Å². The normalized spacial score (nSPS) is 20.1. The molecule has 0 saturated carbocycles. The number of ether oxygens (including phenoxy) is 1. The van der Waals surface area contributed by atoms with Gasteiger partial charge in [-0.05, 0) is 19.3 Å². The molecular formula is C12H27IN4O3S. The van der Waals surface area contributed by atoms with Gasteiger partial charge in [0.2, 0.25) is 10.0 Å². The summed E-state index contributed by atoms with van der Waals surface area (Å²) in [5, 5.41) is 6.33. The number of hydrogen-bond acceptors (Lipinski definition) is 4. The lowest BCUT2D eigenvalue weighted by Crippen LogP contribution is -2.39. The average molecular weight is 434 g/mol. The molecule has 1 unspecified atom stereocenters. The summed E-state index contributed by atoms with van der Waals surface area (Å²) in [5.74, 6) is 1.05. The molecule has 0 radical (unpaired) electrons. The molecule has 1 fully saturated rings. The Morgan fingerprint density at radius 2 is 2.14 bits per heavy atom. The summed E-state index contributed by atoms with van der Waals surface area (Å²) in [6.45, 7) is 5.92. The van der Waals surface area contributed by atoms with E-state index < -0.39 is 10.0 Å². The van der Waals surface area contributed by atoms with Crippen molar-refractivity contribution >= 4 is 40.0 Å². The van der Waals surface area contributed by atoms with Crippen LogP contribution in [0.1, 0.15) is 13.3 Å². The van der Waals surface area contributed by atoms with Gasteiger partial charge < -0.3 is 15.4 Å². The summed E-state index contributed by atoms with van der Waals surface area (Å²) >= 11 is 0. The number of methoxy groups -OCH3 is 1. The topological polar surface area (TPSA) is 83.0 Å². The highest BCUT2D eigenvalue weighted by Gasteiger charge is 2.28. The molecule has 0 aliphatic carbocycles. The van der Waals surface area contributed by atoms with Crippen LogP contribution in [0.25, 0.3) is 0 Å². The van der Waals surface area contributed by atoms with Crippen LogP contribution in [0.2, 0.25) is 0 Å². The first-order valence-electron chi connectivity index (χ1n) is 6.93. The molecule has 0 bridgehead atoms. The predicted octanol–water partition coefficient (Wildman–Crippen LogP) is 0.0874. The molecule has 1 rings (SSSR count). The molecule has 1 heterocycles. The summed E-state index contributed by atoms with van der Waals surface area (Å²) in [7, 11) is -1.41. The lowest BCUT2D eigenvalue weighted by molar-refractivity contribution is 0.203. The van der Waals surface area contributed by atoms with Crippen molar-refractivity contribution in [1.29, 1.82) is 0 Å².